The number of ether oxygens (including phenoxy) is 1. The first-order valence-corrected chi connectivity index (χ1v) is 5.96. The minimum absolute atomic E-state index is 0.300. The molecule has 0 spiro atoms. The van der Waals surface area contributed by atoms with Crippen molar-refractivity contribution in [3.63, 3.8) is 0 Å². The number of benzene rings is 1. The van der Waals surface area contributed by atoms with Crippen molar-refractivity contribution in [3.05, 3.63) is 34.9 Å². The zero-order valence-corrected chi connectivity index (χ0v) is 10.5. The molecule has 2 nitrogen and oxygen atoms in total. The average Bonchev–Trinajstić information content (AvgIpc) is 2.24. The average molecular weight is 222 g/mol. The fraction of sp³-hybridized carbons (Fsp3) is 0.571. The molecule has 16 heavy (non-hydrogen) atoms. The van der Waals surface area contributed by atoms with E-state index < -0.39 is 0 Å². The molecular weight excluding hydrogens is 200 g/mol. The van der Waals surface area contributed by atoms with Crippen LogP contribution in [0.25, 0.3) is 0 Å². The fourth-order valence-electron chi connectivity index (χ4n) is 1.87. The zero-order valence-electron chi connectivity index (χ0n) is 10.5. The Morgan fingerprint density at radius 1 is 1.25 bits per heavy atom. The predicted octanol–water partition coefficient (Wildman–Crippen LogP) is 2.63. The van der Waals surface area contributed by atoms with E-state index in [4.69, 9.17) is 4.74 Å². The van der Waals surface area contributed by atoms with Crippen LogP contribution in [0, 0.1) is 13.8 Å². The van der Waals surface area contributed by atoms with Gasteiger partial charge in [-0.25, -0.2) is 0 Å². The molecular formula is C14H22O2. The van der Waals surface area contributed by atoms with Gasteiger partial charge in [0.15, 0.2) is 0 Å². The van der Waals surface area contributed by atoms with Crippen LogP contribution in [0.5, 0.6) is 0 Å². The van der Waals surface area contributed by atoms with Gasteiger partial charge in [-0.15, -0.1) is 0 Å². The Morgan fingerprint density at radius 2 is 1.88 bits per heavy atom. The van der Waals surface area contributed by atoms with Gasteiger partial charge in [-0.1, -0.05) is 18.2 Å². The molecule has 1 unspecified atom stereocenters. The monoisotopic (exact) mass is 222 g/mol. The van der Waals surface area contributed by atoms with Crippen molar-refractivity contribution in [2.24, 2.45) is 0 Å². The minimum Gasteiger partial charge on any atom is -0.393 e. The van der Waals surface area contributed by atoms with E-state index in [1.165, 1.54) is 16.7 Å². The summed E-state index contributed by atoms with van der Waals surface area (Å²) in [5, 5.41) is 9.90. The van der Waals surface area contributed by atoms with Gasteiger partial charge >= 0.3 is 0 Å². The van der Waals surface area contributed by atoms with Crippen LogP contribution in [-0.2, 0) is 11.2 Å². The molecule has 0 aromatic heterocycles. The van der Waals surface area contributed by atoms with E-state index in [9.17, 15) is 5.11 Å². The number of aryl methyl sites for hydroxylation is 2. The highest BCUT2D eigenvalue weighted by Crippen LogP contribution is 2.16. The van der Waals surface area contributed by atoms with E-state index in [2.05, 4.69) is 32.0 Å². The SMILES string of the molecule is CCOCCC(O)Cc1c(C)cccc1C. The Kier molecular flexibility index (Phi) is 5.50. The summed E-state index contributed by atoms with van der Waals surface area (Å²) in [4.78, 5) is 0. The molecule has 1 rings (SSSR count). The van der Waals surface area contributed by atoms with Gasteiger partial charge in [0.25, 0.3) is 0 Å². The molecule has 0 fully saturated rings. The standard InChI is InChI=1S/C14H22O2/c1-4-16-9-8-13(15)10-14-11(2)6-5-7-12(14)3/h5-7,13,15H,4,8-10H2,1-3H3. The van der Waals surface area contributed by atoms with Crippen molar-refractivity contribution in [2.45, 2.75) is 39.7 Å². The topological polar surface area (TPSA) is 29.5 Å². The summed E-state index contributed by atoms with van der Waals surface area (Å²) in [6.07, 6.45) is 1.14. The van der Waals surface area contributed by atoms with Crippen LogP contribution in [0.1, 0.15) is 30.0 Å². The van der Waals surface area contributed by atoms with Gasteiger partial charge < -0.3 is 9.84 Å². The minimum atomic E-state index is -0.300. The van der Waals surface area contributed by atoms with Crippen molar-refractivity contribution < 1.29 is 9.84 Å². The zero-order chi connectivity index (χ0) is 12.0. The van der Waals surface area contributed by atoms with E-state index in [-0.39, 0.29) is 6.10 Å². The van der Waals surface area contributed by atoms with E-state index in [1.807, 2.05) is 6.92 Å². The molecule has 1 N–H and O–H groups in total. The maximum atomic E-state index is 9.90. The van der Waals surface area contributed by atoms with Crippen molar-refractivity contribution >= 4 is 0 Å². The molecule has 1 aromatic carbocycles. The van der Waals surface area contributed by atoms with Crippen molar-refractivity contribution in [2.75, 3.05) is 13.2 Å². The molecule has 0 aliphatic heterocycles. The third-order valence-electron chi connectivity index (χ3n) is 2.88. The summed E-state index contributed by atoms with van der Waals surface area (Å²) in [6, 6.07) is 6.25. The second-order valence-electron chi connectivity index (χ2n) is 4.21. The second-order valence-corrected chi connectivity index (χ2v) is 4.21. The molecule has 0 saturated heterocycles. The molecule has 90 valence electrons. The lowest BCUT2D eigenvalue weighted by Gasteiger charge is -2.14. The van der Waals surface area contributed by atoms with E-state index >= 15 is 0 Å². The third-order valence-corrected chi connectivity index (χ3v) is 2.88. The van der Waals surface area contributed by atoms with Crippen molar-refractivity contribution in [3.8, 4) is 0 Å². The van der Waals surface area contributed by atoms with Crippen LogP contribution in [0.4, 0.5) is 0 Å². The Labute approximate surface area is 98.3 Å². The van der Waals surface area contributed by atoms with Crippen molar-refractivity contribution in [1.82, 2.24) is 0 Å². The molecule has 0 aliphatic carbocycles. The lowest BCUT2D eigenvalue weighted by molar-refractivity contribution is 0.0886. The predicted molar refractivity (Wildman–Crippen MR) is 66.7 cm³/mol. The van der Waals surface area contributed by atoms with Crippen LogP contribution >= 0.6 is 0 Å². The lowest BCUT2D eigenvalue weighted by atomic mass is 9.96. The van der Waals surface area contributed by atoms with Gasteiger partial charge in [-0.2, -0.15) is 0 Å². The van der Waals surface area contributed by atoms with Gasteiger partial charge in [0.1, 0.15) is 0 Å². The van der Waals surface area contributed by atoms with Crippen LogP contribution in [0.15, 0.2) is 18.2 Å². The van der Waals surface area contributed by atoms with Crippen LogP contribution in [0.2, 0.25) is 0 Å². The molecule has 0 bridgehead atoms. The second kappa shape index (κ2) is 6.66. The Hall–Kier alpha value is -0.860. The molecule has 1 atom stereocenters. The molecule has 0 saturated carbocycles. The summed E-state index contributed by atoms with van der Waals surface area (Å²) in [5.41, 5.74) is 3.79. The summed E-state index contributed by atoms with van der Waals surface area (Å²) in [5.74, 6) is 0. The number of aliphatic hydroxyl groups is 1. The lowest BCUT2D eigenvalue weighted by Crippen LogP contribution is -2.15. The Balaban J connectivity index is 2.52. The highest BCUT2D eigenvalue weighted by atomic mass is 16.5. The largest absolute Gasteiger partial charge is 0.393 e. The summed E-state index contributed by atoms with van der Waals surface area (Å²) >= 11 is 0. The molecule has 0 aliphatic rings. The molecule has 1 aromatic rings. The Morgan fingerprint density at radius 3 is 2.44 bits per heavy atom. The third kappa shape index (κ3) is 3.95. The molecule has 0 amide bonds. The van der Waals surface area contributed by atoms with E-state index in [0.717, 1.165) is 13.0 Å². The number of hydrogen-bond acceptors (Lipinski definition) is 2. The number of aliphatic hydroxyl groups excluding tert-OH is 1. The first-order valence-electron chi connectivity index (χ1n) is 5.96. The van der Waals surface area contributed by atoms with Crippen LogP contribution in [-0.4, -0.2) is 24.4 Å². The molecule has 0 heterocycles. The van der Waals surface area contributed by atoms with Gasteiger partial charge in [0.2, 0.25) is 0 Å². The Bertz CT molecular complexity index is 300. The molecule has 2 heteroatoms. The van der Waals surface area contributed by atoms with Gasteiger partial charge in [-0.05, 0) is 50.3 Å². The van der Waals surface area contributed by atoms with Gasteiger partial charge in [0, 0.05) is 13.2 Å². The quantitative estimate of drug-likeness (QED) is 0.750. The maximum Gasteiger partial charge on any atom is 0.0602 e. The smallest absolute Gasteiger partial charge is 0.0602 e. The first-order chi connectivity index (χ1) is 7.65. The summed E-state index contributed by atoms with van der Waals surface area (Å²) in [7, 11) is 0. The normalized spacial score (nSPS) is 12.8. The summed E-state index contributed by atoms with van der Waals surface area (Å²) in [6.45, 7) is 7.52. The van der Waals surface area contributed by atoms with E-state index in [1.54, 1.807) is 0 Å². The fourth-order valence-corrected chi connectivity index (χ4v) is 1.87. The van der Waals surface area contributed by atoms with Gasteiger partial charge in [0.05, 0.1) is 6.10 Å². The first kappa shape index (κ1) is 13.2. The van der Waals surface area contributed by atoms with Crippen LogP contribution < -0.4 is 0 Å². The summed E-state index contributed by atoms with van der Waals surface area (Å²) < 4.78 is 5.24. The highest BCUT2D eigenvalue weighted by Gasteiger charge is 2.09. The molecule has 0 radical (unpaired) electrons. The van der Waals surface area contributed by atoms with Crippen molar-refractivity contribution in [1.29, 1.82) is 0 Å². The maximum absolute atomic E-state index is 9.90. The van der Waals surface area contributed by atoms with Crippen LogP contribution in [0.3, 0.4) is 0 Å². The van der Waals surface area contributed by atoms with E-state index in [0.29, 0.717) is 13.0 Å². The number of hydrogen-bond donors (Lipinski definition) is 1. The van der Waals surface area contributed by atoms with Gasteiger partial charge in [-0.3, -0.25) is 0 Å². The number of rotatable bonds is 6. The highest BCUT2D eigenvalue weighted by molar-refractivity contribution is 5.33.